The van der Waals surface area contributed by atoms with Gasteiger partial charge in [-0.1, -0.05) is 0 Å². The highest BCUT2D eigenvalue weighted by atomic mass is 16.5. The molecular weight excluding hydrogens is 306 g/mol. The monoisotopic (exact) mass is 325 g/mol. The summed E-state index contributed by atoms with van der Waals surface area (Å²) < 4.78 is 8.18. The summed E-state index contributed by atoms with van der Waals surface area (Å²) in [4.78, 5) is 21.6. The van der Waals surface area contributed by atoms with Crippen molar-refractivity contribution in [2.24, 2.45) is 5.92 Å². The Morgan fingerprint density at radius 1 is 1.33 bits per heavy atom. The Kier molecular flexibility index (Phi) is 3.55. The molecule has 0 aromatic carbocycles. The van der Waals surface area contributed by atoms with Crippen molar-refractivity contribution in [1.82, 2.24) is 24.1 Å². The van der Waals surface area contributed by atoms with Crippen molar-refractivity contribution in [2.45, 2.75) is 32.7 Å². The molecule has 3 aromatic heterocycles. The van der Waals surface area contributed by atoms with Crippen molar-refractivity contribution >= 4 is 5.65 Å². The Bertz CT molecular complexity index is 955. The molecule has 0 saturated heterocycles. The fourth-order valence-electron chi connectivity index (χ4n) is 2.88. The van der Waals surface area contributed by atoms with Crippen LogP contribution in [0, 0.1) is 12.8 Å². The molecule has 0 atom stereocenters. The van der Waals surface area contributed by atoms with Crippen molar-refractivity contribution in [2.75, 3.05) is 7.11 Å². The average molecular weight is 325 g/mol. The second kappa shape index (κ2) is 5.74. The van der Waals surface area contributed by atoms with E-state index in [1.807, 2.05) is 13.0 Å². The first-order valence-electron chi connectivity index (χ1n) is 8.09. The fourth-order valence-corrected chi connectivity index (χ4v) is 2.88. The molecule has 0 aliphatic heterocycles. The third-order valence-electron chi connectivity index (χ3n) is 4.23. The van der Waals surface area contributed by atoms with Crippen molar-refractivity contribution in [3.63, 3.8) is 0 Å². The summed E-state index contributed by atoms with van der Waals surface area (Å²) >= 11 is 0. The summed E-state index contributed by atoms with van der Waals surface area (Å²) in [5.41, 5.74) is 2.03. The molecule has 0 N–H and O–H groups in total. The Hall–Kier alpha value is -2.70. The molecule has 1 aliphatic rings. The lowest BCUT2D eigenvalue weighted by atomic mass is 10.2. The van der Waals surface area contributed by atoms with Gasteiger partial charge in [-0.2, -0.15) is 0 Å². The van der Waals surface area contributed by atoms with Gasteiger partial charge < -0.3 is 4.74 Å². The fraction of sp³-hybridized carbons (Fsp3) is 0.412. The van der Waals surface area contributed by atoms with Gasteiger partial charge in [0, 0.05) is 18.3 Å². The number of nitrogens with zero attached hydrogens (tertiary/aromatic N) is 5. The highest BCUT2D eigenvalue weighted by Crippen LogP contribution is 2.31. The number of methoxy groups -OCH3 is 1. The van der Waals surface area contributed by atoms with Gasteiger partial charge in [0.1, 0.15) is 5.82 Å². The van der Waals surface area contributed by atoms with E-state index in [1.165, 1.54) is 21.9 Å². The largest absolute Gasteiger partial charge is 0.493 e. The van der Waals surface area contributed by atoms with Crippen molar-refractivity contribution in [3.05, 3.63) is 52.1 Å². The SMILES string of the molecule is COc1cccn2c(=O)n(Cc3cc(C)nc(CC4CC4)n3)nc12. The lowest BCUT2D eigenvalue weighted by Crippen LogP contribution is -2.22. The number of aryl methyl sites for hydroxylation is 1. The summed E-state index contributed by atoms with van der Waals surface area (Å²) in [7, 11) is 1.57. The van der Waals surface area contributed by atoms with Crippen LogP contribution in [0.25, 0.3) is 5.65 Å². The molecular formula is C17H19N5O2. The first kappa shape index (κ1) is 14.9. The van der Waals surface area contributed by atoms with Crippen LogP contribution in [0.3, 0.4) is 0 Å². The molecule has 1 saturated carbocycles. The number of rotatable bonds is 5. The third-order valence-corrected chi connectivity index (χ3v) is 4.23. The van der Waals surface area contributed by atoms with Crippen LogP contribution in [0.1, 0.15) is 30.1 Å². The summed E-state index contributed by atoms with van der Waals surface area (Å²) in [5.74, 6) is 2.16. The molecule has 0 unspecified atom stereocenters. The summed E-state index contributed by atoms with van der Waals surface area (Å²) in [5, 5.41) is 4.39. The van der Waals surface area contributed by atoms with Crippen LogP contribution in [0.2, 0.25) is 0 Å². The molecule has 0 spiro atoms. The van der Waals surface area contributed by atoms with E-state index in [4.69, 9.17) is 4.74 Å². The minimum atomic E-state index is -0.205. The van der Waals surface area contributed by atoms with Crippen LogP contribution in [-0.4, -0.2) is 31.3 Å². The number of hydrogen-bond acceptors (Lipinski definition) is 5. The Labute approximate surface area is 138 Å². The molecule has 0 amide bonds. The minimum absolute atomic E-state index is 0.205. The van der Waals surface area contributed by atoms with Crippen molar-refractivity contribution in [1.29, 1.82) is 0 Å². The molecule has 3 heterocycles. The summed E-state index contributed by atoms with van der Waals surface area (Å²) in [6.45, 7) is 2.28. The lowest BCUT2D eigenvalue weighted by Gasteiger charge is -2.05. The molecule has 0 radical (unpaired) electrons. The Morgan fingerprint density at radius 2 is 2.17 bits per heavy atom. The predicted octanol–water partition coefficient (Wildman–Crippen LogP) is 1.60. The normalized spacial score (nSPS) is 14.2. The minimum Gasteiger partial charge on any atom is -0.493 e. The Morgan fingerprint density at radius 3 is 2.92 bits per heavy atom. The lowest BCUT2D eigenvalue weighted by molar-refractivity contribution is 0.416. The summed E-state index contributed by atoms with van der Waals surface area (Å²) in [6, 6.07) is 5.46. The van der Waals surface area contributed by atoms with Crippen LogP contribution < -0.4 is 10.4 Å². The van der Waals surface area contributed by atoms with E-state index in [0.717, 1.165) is 29.6 Å². The maximum atomic E-state index is 12.5. The van der Waals surface area contributed by atoms with Crippen LogP contribution in [0.15, 0.2) is 29.2 Å². The average Bonchev–Trinajstić information content (AvgIpc) is 3.31. The smallest absolute Gasteiger partial charge is 0.350 e. The van der Waals surface area contributed by atoms with Gasteiger partial charge in [-0.3, -0.25) is 0 Å². The van der Waals surface area contributed by atoms with E-state index >= 15 is 0 Å². The molecule has 0 bridgehead atoms. The number of hydrogen-bond donors (Lipinski definition) is 0. The molecule has 1 fully saturated rings. The van der Waals surface area contributed by atoms with Gasteiger partial charge in [0.05, 0.1) is 19.3 Å². The first-order chi connectivity index (χ1) is 11.6. The van der Waals surface area contributed by atoms with E-state index in [2.05, 4.69) is 15.1 Å². The standard InChI is InChI=1S/C17H19N5O2/c1-11-8-13(19-15(18-11)9-12-5-6-12)10-22-17(23)21-7-3-4-14(24-2)16(21)20-22/h3-4,7-8,12H,5-6,9-10H2,1-2H3. The number of aromatic nitrogens is 5. The number of pyridine rings is 1. The maximum Gasteiger partial charge on any atom is 0.350 e. The number of ether oxygens (including phenoxy) is 1. The van der Waals surface area contributed by atoms with Gasteiger partial charge in [-0.25, -0.2) is 23.8 Å². The number of fused-ring (bicyclic) bond motifs is 1. The van der Waals surface area contributed by atoms with Gasteiger partial charge in [0.25, 0.3) is 0 Å². The quantitative estimate of drug-likeness (QED) is 0.712. The Balaban J connectivity index is 1.70. The second-order valence-corrected chi connectivity index (χ2v) is 6.27. The van der Waals surface area contributed by atoms with Crippen LogP contribution in [0.4, 0.5) is 0 Å². The molecule has 24 heavy (non-hydrogen) atoms. The zero-order valence-corrected chi connectivity index (χ0v) is 13.8. The van der Waals surface area contributed by atoms with Gasteiger partial charge in [-0.05, 0) is 43.9 Å². The van der Waals surface area contributed by atoms with Gasteiger partial charge in [-0.15, -0.1) is 5.10 Å². The first-order valence-corrected chi connectivity index (χ1v) is 8.09. The molecule has 1 aliphatic carbocycles. The molecule has 7 nitrogen and oxygen atoms in total. The van der Waals surface area contributed by atoms with Crippen LogP contribution in [0.5, 0.6) is 5.75 Å². The maximum absolute atomic E-state index is 12.5. The predicted molar refractivity (Wildman–Crippen MR) is 88.3 cm³/mol. The van der Waals surface area contributed by atoms with Crippen LogP contribution in [-0.2, 0) is 13.0 Å². The van der Waals surface area contributed by atoms with E-state index in [-0.39, 0.29) is 5.69 Å². The second-order valence-electron chi connectivity index (χ2n) is 6.27. The van der Waals surface area contributed by atoms with Gasteiger partial charge in [0.15, 0.2) is 5.75 Å². The van der Waals surface area contributed by atoms with E-state index < -0.39 is 0 Å². The molecule has 4 rings (SSSR count). The van der Waals surface area contributed by atoms with Crippen molar-refractivity contribution in [3.8, 4) is 5.75 Å². The topological polar surface area (TPSA) is 74.3 Å². The highest BCUT2D eigenvalue weighted by Gasteiger charge is 2.23. The van der Waals surface area contributed by atoms with Gasteiger partial charge >= 0.3 is 5.69 Å². The van der Waals surface area contributed by atoms with E-state index in [9.17, 15) is 4.79 Å². The molecule has 7 heteroatoms. The van der Waals surface area contributed by atoms with Crippen LogP contribution >= 0.6 is 0 Å². The van der Waals surface area contributed by atoms with E-state index in [0.29, 0.717) is 17.9 Å². The van der Waals surface area contributed by atoms with Crippen molar-refractivity contribution < 1.29 is 4.74 Å². The molecule has 124 valence electrons. The zero-order chi connectivity index (χ0) is 16.7. The van der Waals surface area contributed by atoms with Gasteiger partial charge in [0.2, 0.25) is 5.65 Å². The van der Waals surface area contributed by atoms with E-state index in [1.54, 1.807) is 25.4 Å². The molecule has 3 aromatic rings. The zero-order valence-electron chi connectivity index (χ0n) is 13.8. The third kappa shape index (κ3) is 2.77. The summed E-state index contributed by atoms with van der Waals surface area (Å²) in [6.07, 6.45) is 5.13. The highest BCUT2D eigenvalue weighted by molar-refractivity contribution is 5.52.